The Morgan fingerprint density at radius 3 is 2.73 bits per heavy atom. The van der Waals surface area contributed by atoms with Gasteiger partial charge in [-0.15, -0.1) is 0 Å². The number of morpholine rings is 1. The minimum atomic E-state index is 0.0112. The normalized spacial score (nSPS) is 23.5. The van der Waals surface area contributed by atoms with Crippen molar-refractivity contribution in [3.63, 3.8) is 0 Å². The van der Waals surface area contributed by atoms with E-state index < -0.39 is 0 Å². The van der Waals surface area contributed by atoms with E-state index in [0.717, 1.165) is 40.9 Å². The number of pyridine rings is 2. The lowest BCUT2D eigenvalue weighted by Crippen LogP contribution is -2.60. The number of anilines is 1. The van der Waals surface area contributed by atoms with Crippen molar-refractivity contribution in [1.82, 2.24) is 19.5 Å². The molecule has 0 saturated carbocycles. The highest BCUT2D eigenvalue weighted by Crippen LogP contribution is 2.35. The van der Waals surface area contributed by atoms with Gasteiger partial charge in [0, 0.05) is 43.3 Å². The van der Waals surface area contributed by atoms with Crippen molar-refractivity contribution in [3.8, 4) is 16.9 Å². The predicted octanol–water partition coefficient (Wildman–Crippen LogP) is 2.44. The SMILES string of the molecule is CC(=O)N1[C@@H]2COC[C@H]1CC(Oc1cnc(C)cc1-c1ccn3nc(N)cc3c1)C2. The van der Waals surface area contributed by atoms with Crippen molar-refractivity contribution in [2.75, 3.05) is 18.9 Å². The Morgan fingerprint density at radius 2 is 2.00 bits per heavy atom. The zero-order valence-corrected chi connectivity index (χ0v) is 17.1. The van der Waals surface area contributed by atoms with Crippen LogP contribution in [-0.4, -0.2) is 56.8 Å². The Balaban J connectivity index is 1.45. The number of fused-ring (bicyclic) bond motifs is 3. The number of aryl methyl sites for hydroxylation is 1. The van der Waals surface area contributed by atoms with E-state index in [1.807, 2.05) is 42.3 Å². The van der Waals surface area contributed by atoms with Gasteiger partial charge in [0.25, 0.3) is 0 Å². The van der Waals surface area contributed by atoms with Gasteiger partial charge in [-0.3, -0.25) is 9.78 Å². The Hall–Kier alpha value is -3.13. The fraction of sp³-hybridized carbons (Fsp3) is 0.409. The fourth-order valence-corrected chi connectivity index (χ4v) is 4.70. The third-order valence-electron chi connectivity index (χ3n) is 5.93. The largest absolute Gasteiger partial charge is 0.488 e. The van der Waals surface area contributed by atoms with Gasteiger partial charge in [-0.2, -0.15) is 5.10 Å². The van der Waals surface area contributed by atoms with E-state index in [4.69, 9.17) is 15.2 Å². The molecule has 8 heteroatoms. The van der Waals surface area contributed by atoms with Crippen molar-refractivity contribution in [2.24, 2.45) is 0 Å². The van der Waals surface area contributed by atoms with Gasteiger partial charge in [-0.1, -0.05) is 0 Å². The minimum Gasteiger partial charge on any atom is -0.488 e. The Kier molecular flexibility index (Phi) is 4.58. The van der Waals surface area contributed by atoms with E-state index in [9.17, 15) is 4.79 Å². The number of nitrogen functional groups attached to an aromatic ring is 1. The van der Waals surface area contributed by atoms with Gasteiger partial charge in [0.2, 0.25) is 5.91 Å². The van der Waals surface area contributed by atoms with Crippen LogP contribution in [0.4, 0.5) is 5.82 Å². The number of carbonyl (C=O) groups excluding carboxylic acids is 1. The number of carbonyl (C=O) groups is 1. The summed E-state index contributed by atoms with van der Waals surface area (Å²) in [4.78, 5) is 18.5. The molecule has 2 saturated heterocycles. The lowest BCUT2D eigenvalue weighted by atomic mass is 9.91. The zero-order chi connectivity index (χ0) is 20.8. The van der Waals surface area contributed by atoms with E-state index in [1.165, 1.54) is 0 Å². The number of amides is 1. The molecular weight excluding hydrogens is 382 g/mol. The van der Waals surface area contributed by atoms with E-state index in [0.29, 0.717) is 19.0 Å². The number of aromatic nitrogens is 3. The van der Waals surface area contributed by atoms with Crippen LogP contribution in [0.3, 0.4) is 0 Å². The van der Waals surface area contributed by atoms with Crippen LogP contribution in [0.1, 0.15) is 25.5 Å². The summed E-state index contributed by atoms with van der Waals surface area (Å²) < 4.78 is 13.9. The molecular formula is C22H25N5O3. The maximum Gasteiger partial charge on any atom is 0.220 e. The molecule has 5 heterocycles. The molecule has 3 atom stereocenters. The number of hydrogen-bond donors (Lipinski definition) is 1. The van der Waals surface area contributed by atoms with Crippen LogP contribution in [0, 0.1) is 6.92 Å². The number of rotatable bonds is 3. The van der Waals surface area contributed by atoms with E-state index in [1.54, 1.807) is 17.6 Å². The van der Waals surface area contributed by atoms with Crippen LogP contribution in [0.25, 0.3) is 16.6 Å². The molecule has 2 N–H and O–H groups in total. The minimum absolute atomic E-state index is 0.0112. The third-order valence-corrected chi connectivity index (χ3v) is 5.93. The lowest BCUT2D eigenvalue weighted by Gasteiger charge is -2.47. The summed E-state index contributed by atoms with van der Waals surface area (Å²) in [7, 11) is 0. The number of piperidine rings is 1. The molecule has 0 aliphatic carbocycles. The quantitative estimate of drug-likeness (QED) is 0.717. The molecule has 5 rings (SSSR count). The Morgan fingerprint density at radius 1 is 1.23 bits per heavy atom. The molecule has 0 spiro atoms. The third kappa shape index (κ3) is 3.37. The van der Waals surface area contributed by atoms with Gasteiger partial charge in [0.1, 0.15) is 17.7 Å². The summed E-state index contributed by atoms with van der Waals surface area (Å²) in [6.45, 7) is 4.73. The van der Waals surface area contributed by atoms with Crippen LogP contribution in [-0.2, 0) is 9.53 Å². The van der Waals surface area contributed by atoms with Gasteiger partial charge in [0.15, 0.2) is 0 Å². The topological polar surface area (TPSA) is 95.0 Å². The van der Waals surface area contributed by atoms with E-state index in [2.05, 4.69) is 10.1 Å². The first-order chi connectivity index (χ1) is 14.5. The van der Waals surface area contributed by atoms with Crippen molar-refractivity contribution in [1.29, 1.82) is 0 Å². The summed E-state index contributed by atoms with van der Waals surface area (Å²) in [5.74, 6) is 1.34. The van der Waals surface area contributed by atoms with Crippen molar-refractivity contribution in [3.05, 3.63) is 42.4 Å². The van der Waals surface area contributed by atoms with Crippen LogP contribution < -0.4 is 10.5 Å². The van der Waals surface area contributed by atoms with Gasteiger partial charge < -0.3 is 20.1 Å². The van der Waals surface area contributed by atoms with E-state index in [-0.39, 0.29) is 24.1 Å². The average molecular weight is 407 g/mol. The molecule has 1 unspecified atom stereocenters. The second kappa shape index (κ2) is 7.28. The molecule has 0 radical (unpaired) electrons. The second-order valence-electron chi connectivity index (χ2n) is 8.16. The highest BCUT2D eigenvalue weighted by atomic mass is 16.5. The highest BCUT2D eigenvalue weighted by Gasteiger charge is 2.41. The monoisotopic (exact) mass is 407 g/mol. The molecule has 2 bridgehead atoms. The number of nitrogens with two attached hydrogens (primary N) is 1. The first kappa shape index (κ1) is 18.9. The lowest BCUT2D eigenvalue weighted by molar-refractivity contribution is -0.153. The van der Waals surface area contributed by atoms with Crippen molar-refractivity contribution >= 4 is 17.2 Å². The number of hydrogen-bond acceptors (Lipinski definition) is 6. The maximum absolute atomic E-state index is 12.1. The first-order valence-electron chi connectivity index (χ1n) is 10.2. The van der Waals surface area contributed by atoms with Gasteiger partial charge in [0.05, 0.1) is 37.0 Å². The van der Waals surface area contributed by atoms with Crippen LogP contribution in [0.15, 0.2) is 36.7 Å². The summed E-state index contributed by atoms with van der Waals surface area (Å²) in [6, 6.07) is 8.06. The van der Waals surface area contributed by atoms with Gasteiger partial charge in [-0.05, 0) is 30.7 Å². The van der Waals surface area contributed by atoms with Crippen molar-refractivity contribution < 1.29 is 14.3 Å². The van der Waals surface area contributed by atoms with Crippen molar-refractivity contribution in [2.45, 2.75) is 44.9 Å². The smallest absolute Gasteiger partial charge is 0.220 e. The molecule has 0 aromatic carbocycles. The Bertz CT molecular complexity index is 1100. The second-order valence-corrected chi connectivity index (χ2v) is 8.16. The molecule has 2 aliphatic rings. The van der Waals surface area contributed by atoms with E-state index >= 15 is 0 Å². The molecule has 8 nitrogen and oxygen atoms in total. The maximum atomic E-state index is 12.1. The molecule has 156 valence electrons. The molecule has 30 heavy (non-hydrogen) atoms. The fourth-order valence-electron chi connectivity index (χ4n) is 4.70. The van der Waals surface area contributed by atoms with Crippen LogP contribution >= 0.6 is 0 Å². The van der Waals surface area contributed by atoms with Crippen LogP contribution in [0.2, 0.25) is 0 Å². The summed E-state index contributed by atoms with van der Waals surface area (Å²) in [6.07, 6.45) is 5.21. The molecule has 3 aromatic rings. The van der Waals surface area contributed by atoms with Crippen LogP contribution in [0.5, 0.6) is 5.75 Å². The number of nitrogens with zero attached hydrogens (tertiary/aromatic N) is 4. The molecule has 2 aliphatic heterocycles. The summed E-state index contributed by atoms with van der Waals surface area (Å²) in [5, 5.41) is 4.24. The van der Waals surface area contributed by atoms with Gasteiger partial charge in [-0.25, -0.2) is 4.52 Å². The molecule has 3 aromatic heterocycles. The predicted molar refractivity (Wildman–Crippen MR) is 112 cm³/mol. The standard InChI is InChI=1S/C22H25N5O3/c1-13-5-20(15-3-4-26-16(6-15)9-22(23)25-26)21(10-24-13)30-19-7-17-11-29-12-18(8-19)27(17)14(2)28/h3-6,9-10,17-19H,7-8,11-12H2,1-2H3,(H2,23,25)/t17-,18+,19?. The Labute approximate surface area is 174 Å². The molecule has 2 fully saturated rings. The highest BCUT2D eigenvalue weighted by molar-refractivity contribution is 5.75. The summed E-state index contributed by atoms with van der Waals surface area (Å²) >= 11 is 0. The zero-order valence-electron chi connectivity index (χ0n) is 17.1. The van der Waals surface area contributed by atoms with Gasteiger partial charge >= 0.3 is 0 Å². The molecule has 1 amide bonds. The summed E-state index contributed by atoms with van der Waals surface area (Å²) in [5.41, 5.74) is 9.68. The first-order valence-corrected chi connectivity index (χ1v) is 10.2. The average Bonchev–Trinajstić information content (AvgIpc) is 3.07. The number of ether oxygens (including phenoxy) is 2.